The van der Waals surface area contributed by atoms with E-state index in [2.05, 4.69) is 4.98 Å². The third kappa shape index (κ3) is 2.26. The number of aliphatic hydroxyl groups is 1. The molecule has 0 spiro atoms. The highest BCUT2D eigenvalue weighted by molar-refractivity contribution is 5.27. The first-order chi connectivity index (χ1) is 9.54. The summed E-state index contributed by atoms with van der Waals surface area (Å²) in [7, 11) is 0. The molecule has 0 radical (unpaired) electrons. The lowest BCUT2D eigenvalue weighted by Crippen LogP contribution is -2.40. The molecular weight excluding hydrogens is 260 g/mol. The quantitative estimate of drug-likeness (QED) is 0.847. The number of aromatic nitrogens is 1. The number of nitrogens with zero attached hydrogens (tertiary/aromatic N) is 1. The number of hydrogen-bond acceptors (Lipinski definition) is 2. The van der Waals surface area contributed by atoms with Gasteiger partial charge in [0.2, 0.25) is 0 Å². The molecule has 0 bridgehead atoms. The van der Waals surface area contributed by atoms with Gasteiger partial charge in [-0.05, 0) is 31.4 Å². The van der Waals surface area contributed by atoms with Gasteiger partial charge in [0.05, 0.1) is 5.69 Å². The lowest BCUT2D eigenvalue weighted by atomic mass is 9.58. The van der Waals surface area contributed by atoms with Crippen LogP contribution in [0, 0.1) is 5.41 Å². The standard InChI is InChI=1S/C16H19F2NO/c17-16(18)9-5-12(6-10-16)15(7-3-8-15)14(20)13-4-1-2-11-19-13/h1-2,4-5,11,14,20H,3,6-10H2. The summed E-state index contributed by atoms with van der Waals surface area (Å²) in [4.78, 5) is 4.22. The average molecular weight is 279 g/mol. The van der Waals surface area contributed by atoms with Gasteiger partial charge in [-0.3, -0.25) is 4.98 Å². The molecule has 1 N–H and O–H groups in total. The molecule has 1 aromatic rings. The zero-order valence-electron chi connectivity index (χ0n) is 11.4. The average Bonchev–Trinajstić information content (AvgIpc) is 2.40. The largest absolute Gasteiger partial charge is 0.386 e. The normalized spacial score (nSPS) is 25.4. The highest BCUT2D eigenvalue weighted by Crippen LogP contribution is 2.57. The van der Waals surface area contributed by atoms with Crippen LogP contribution in [0.3, 0.4) is 0 Å². The SMILES string of the molecule is OC(c1ccccn1)C1(C2=CCC(F)(F)CC2)CCC1. The van der Waals surface area contributed by atoms with E-state index >= 15 is 0 Å². The Hall–Kier alpha value is -1.29. The Balaban J connectivity index is 1.87. The minimum absolute atomic E-state index is 0.102. The van der Waals surface area contributed by atoms with Crippen molar-refractivity contribution in [2.24, 2.45) is 5.41 Å². The maximum Gasteiger partial charge on any atom is 0.251 e. The molecule has 2 aliphatic carbocycles. The molecule has 1 atom stereocenters. The molecule has 1 unspecified atom stereocenters. The molecule has 0 aromatic carbocycles. The van der Waals surface area contributed by atoms with Crippen LogP contribution in [0.25, 0.3) is 0 Å². The van der Waals surface area contributed by atoms with Crippen molar-refractivity contribution in [2.75, 3.05) is 0 Å². The number of allylic oxidation sites excluding steroid dienone is 1. The van der Waals surface area contributed by atoms with Crippen molar-refractivity contribution in [3.05, 3.63) is 41.7 Å². The number of halogens is 2. The number of alkyl halides is 2. The Kier molecular flexibility index (Phi) is 3.36. The number of hydrogen-bond donors (Lipinski definition) is 1. The van der Waals surface area contributed by atoms with Crippen LogP contribution in [0.15, 0.2) is 36.0 Å². The fraction of sp³-hybridized carbons (Fsp3) is 0.562. The van der Waals surface area contributed by atoms with Gasteiger partial charge in [0.1, 0.15) is 6.10 Å². The molecule has 2 aliphatic rings. The molecular formula is C16H19F2NO. The molecule has 1 fully saturated rings. The van der Waals surface area contributed by atoms with Crippen molar-refractivity contribution in [1.29, 1.82) is 0 Å². The Morgan fingerprint density at radius 3 is 2.50 bits per heavy atom. The summed E-state index contributed by atoms with van der Waals surface area (Å²) in [6, 6.07) is 5.47. The van der Waals surface area contributed by atoms with Gasteiger partial charge in [-0.1, -0.05) is 24.1 Å². The Morgan fingerprint density at radius 1 is 1.20 bits per heavy atom. The van der Waals surface area contributed by atoms with E-state index in [1.165, 1.54) is 0 Å². The number of rotatable bonds is 3. The van der Waals surface area contributed by atoms with Crippen molar-refractivity contribution in [3.63, 3.8) is 0 Å². The second-order valence-electron chi connectivity index (χ2n) is 5.96. The van der Waals surface area contributed by atoms with E-state index in [9.17, 15) is 13.9 Å². The van der Waals surface area contributed by atoms with E-state index in [0.717, 1.165) is 24.8 Å². The predicted octanol–water partition coefficient (Wildman–Crippen LogP) is 4.03. The fourth-order valence-electron chi connectivity index (χ4n) is 3.40. The second-order valence-corrected chi connectivity index (χ2v) is 5.96. The number of aliphatic hydroxyl groups excluding tert-OH is 1. The minimum atomic E-state index is -2.58. The molecule has 1 heterocycles. The molecule has 20 heavy (non-hydrogen) atoms. The van der Waals surface area contributed by atoms with Crippen molar-refractivity contribution in [2.45, 2.75) is 50.6 Å². The van der Waals surface area contributed by atoms with E-state index in [1.54, 1.807) is 12.3 Å². The van der Waals surface area contributed by atoms with Gasteiger partial charge in [-0.25, -0.2) is 8.78 Å². The summed E-state index contributed by atoms with van der Waals surface area (Å²) in [5, 5.41) is 10.7. The Morgan fingerprint density at radius 2 is 2.00 bits per heavy atom. The third-order valence-electron chi connectivity index (χ3n) is 4.78. The second kappa shape index (κ2) is 4.92. The van der Waals surface area contributed by atoms with Crippen LogP contribution in [0.4, 0.5) is 8.78 Å². The highest BCUT2D eigenvalue weighted by Gasteiger charge is 2.49. The van der Waals surface area contributed by atoms with Gasteiger partial charge in [-0.2, -0.15) is 0 Å². The van der Waals surface area contributed by atoms with E-state index in [0.29, 0.717) is 12.1 Å². The zero-order chi connectivity index (χ0) is 14.2. The summed E-state index contributed by atoms with van der Waals surface area (Å²) in [5.41, 5.74) is 1.29. The summed E-state index contributed by atoms with van der Waals surface area (Å²) < 4.78 is 26.6. The van der Waals surface area contributed by atoms with E-state index in [4.69, 9.17) is 0 Å². The molecule has 1 saturated carbocycles. The van der Waals surface area contributed by atoms with Crippen LogP contribution in [0.1, 0.15) is 50.3 Å². The van der Waals surface area contributed by atoms with Crippen molar-refractivity contribution in [3.8, 4) is 0 Å². The molecule has 4 heteroatoms. The van der Waals surface area contributed by atoms with Crippen LogP contribution < -0.4 is 0 Å². The van der Waals surface area contributed by atoms with Crippen LogP contribution in [0.5, 0.6) is 0 Å². The summed E-state index contributed by atoms with van der Waals surface area (Å²) in [6.45, 7) is 0. The van der Waals surface area contributed by atoms with Crippen molar-refractivity contribution >= 4 is 0 Å². The predicted molar refractivity (Wildman–Crippen MR) is 72.4 cm³/mol. The Labute approximate surface area is 117 Å². The molecule has 3 rings (SSSR count). The molecule has 0 amide bonds. The van der Waals surface area contributed by atoms with Gasteiger partial charge in [0.25, 0.3) is 5.92 Å². The lowest BCUT2D eigenvalue weighted by Gasteiger charge is -2.48. The van der Waals surface area contributed by atoms with Crippen LogP contribution in [-0.2, 0) is 0 Å². The molecule has 0 saturated heterocycles. The van der Waals surface area contributed by atoms with Gasteiger partial charge in [-0.15, -0.1) is 0 Å². The molecule has 2 nitrogen and oxygen atoms in total. The van der Waals surface area contributed by atoms with Gasteiger partial charge in [0, 0.05) is 24.5 Å². The van der Waals surface area contributed by atoms with Gasteiger partial charge >= 0.3 is 0 Å². The summed E-state index contributed by atoms with van der Waals surface area (Å²) in [6.07, 6.45) is 5.49. The van der Waals surface area contributed by atoms with Crippen molar-refractivity contribution in [1.82, 2.24) is 4.98 Å². The van der Waals surface area contributed by atoms with Crippen LogP contribution in [0.2, 0.25) is 0 Å². The summed E-state index contributed by atoms with van der Waals surface area (Å²) in [5.74, 6) is -2.58. The minimum Gasteiger partial charge on any atom is -0.386 e. The van der Waals surface area contributed by atoms with Crippen molar-refractivity contribution < 1.29 is 13.9 Å². The van der Waals surface area contributed by atoms with E-state index in [1.807, 2.05) is 18.2 Å². The monoisotopic (exact) mass is 279 g/mol. The molecule has 108 valence electrons. The van der Waals surface area contributed by atoms with Crippen LogP contribution in [-0.4, -0.2) is 16.0 Å². The van der Waals surface area contributed by atoms with Crippen LogP contribution >= 0.6 is 0 Å². The zero-order valence-corrected chi connectivity index (χ0v) is 11.4. The first-order valence-electron chi connectivity index (χ1n) is 7.20. The fourth-order valence-corrected chi connectivity index (χ4v) is 3.40. The highest BCUT2D eigenvalue weighted by atomic mass is 19.3. The topological polar surface area (TPSA) is 33.1 Å². The van der Waals surface area contributed by atoms with Gasteiger partial charge in [0.15, 0.2) is 0 Å². The third-order valence-corrected chi connectivity index (χ3v) is 4.78. The lowest BCUT2D eigenvalue weighted by molar-refractivity contribution is -0.0359. The molecule has 1 aromatic heterocycles. The molecule has 0 aliphatic heterocycles. The Bertz CT molecular complexity index is 508. The van der Waals surface area contributed by atoms with E-state index < -0.39 is 12.0 Å². The first kappa shape index (κ1) is 13.7. The maximum absolute atomic E-state index is 13.3. The summed E-state index contributed by atoms with van der Waals surface area (Å²) >= 11 is 0. The first-order valence-corrected chi connectivity index (χ1v) is 7.20. The maximum atomic E-state index is 13.3. The van der Waals surface area contributed by atoms with Gasteiger partial charge < -0.3 is 5.11 Å². The smallest absolute Gasteiger partial charge is 0.251 e. The van der Waals surface area contributed by atoms with E-state index in [-0.39, 0.29) is 18.3 Å². The number of pyridine rings is 1.